The minimum atomic E-state index is -0.288. The second kappa shape index (κ2) is 12.3. The van der Waals surface area contributed by atoms with Gasteiger partial charge in [0.2, 0.25) is 0 Å². The Balaban J connectivity index is 1.90. The van der Waals surface area contributed by atoms with Gasteiger partial charge < -0.3 is 9.47 Å². The van der Waals surface area contributed by atoms with Gasteiger partial charge in [-0.25, -0.2) is 4.79 Å². The fraction of sp³-hybridized carbons (Fsp3) is 0.789. The minimum Gasteiger partial charge on any atom is -0.466 e. The Labute approximate surface area is 140 Å². The lowest BCUT2D eigenvalue weighted by Gasteiger charge is -1.99. The fourth-order valence-corrected chi connectivity index (χ4v) is 2.72. The molecule has 0 aromatic carbocycles. The van der Waals surface area contributed by atoms with Crippen molar-refractivity contribution in [2.24, 2.45) is 0 Å². The van der Waals surface area contributed by atoms with Gasteiger partial charge in [-0.2, -0.15) is 0 Å². The van der Waals surface area contributed by atoms with E-state index < -0.39 is 0 Å². The molecule has 132 valence electrons. The zero-order valence-electron chi connectivity index (χ0n) is 14.7. The summed E-state index contributed by atoms with van der Waals surface area (Å²) in [5.41, 5.74) is 0. The molecule has 0 aromatic rings. The molecule has 0 aromatic heterocycles. The third-order valence-electron chi connectivity index (χ3n) is 4.27. The molecule has 0 bridgehead atoms. The molecule has 1 rings (SSSR count). The molecule has 2 unspecified atom stereocenters. The van der Waals surface area contributed by atoms with E-state index >= 15 is 0 Å². The van der Waals surface area contributed by atoms with E-state index in [9.17, 15) is 9.59 Å². The third kappa shape index (κ3) is 10.3. The van der Waals surface area contributed by atoms with Gasteiger partial charge in [-0.1, -0.05) is 38.7 Å². The highest BCUT2D eigenvalue weighted by Crippen LogP contribution is 2.31. The SMILES string of the molecule is CCCCCC(=O)CCC1OC1CCCCCC=CC(=O)OC. The van der Waals surface area contributed by atoms with Crippen LogP contribution in [-0.4, -0.2) is 31.1 Å². The predicted octanol–water partition coefficient (Wildman–Crippen LogP) is 4.36. The summed E-state index contributed by atoms with van der Waals surface area (Å²) >= 11 is 0. The molecular formula is C19H32O4. The number of carbonyl (C=O) groups is 2. The maximum absolute atomic E-state index is 11.7. The van der Waals surface area contributed by atoms with E-state index in [-0.39, 0.29) is 5.97 Å². The van der Waals surface area contributed by atoms with E-state index in [1.165, 1.54) is 19.6 Å². The normalized spacial score (nSPS) is 19.9. The second-order valence-corrected chi connectivity index (χ2v) is 6.31. The van der Waals surface area contributed by atoms with Crippen molar-refractivity contribution in [2.45, 2.75) is 89.8 Å². The third-order valence-corrected chi connectivity index (χ3v) is 4.27. The average Bonchev–Trinajstić information content (AvgIpc) is 3.30. The lowest BCUT2D eigenvalue weighted by molar-refractivity contribution is -0.134. The van der Waals surface area contributed by atoms with Crippen LogP contribution in [0.3, 0.4) is 0 Å². The number of allylic oxidation sites excluding steroid dienone is 1. The molecule has 0 N–H and O–H groups in total. The summed E-state index contributed by atoms with van der Waals surface area (Å²) in [6.07, 6.45) is 15.1. The van der Waals surface area contributed by atoms with Gasteiger partial charge in [0, 0.05) is 18.9 Å². The van der Waals surface area contributed by atoms with Crippen molar-refractivity contribution in [1.82, 2.24) is 0 Å². The van der Waals surface area contributed by atoms with E-state index in [0.29, 0.717) is 24.4 Å². The average molecular weight is 324 g/mol. The monoisotopic (exact) mass is 324 g/mol. The zero-order valence-corrected chi connectivity index (χ0v) is 14.7. The topological polar surface area (TPSA) is 55.9 Å². The molecule has 0 aliphatic carbocycles. The molecule has 4 nitrogen and oxygen atoms in total. The van der Waals surface area contributed by atoms with E-state index in [2.05, 4.69) is 11.7 Å². The summed E-state index contributed by atoms with van der Waals surface area (Å²) in [6, 6.07) is 0. The van der Waals surface area contributed by atoms with E-state index in [1.807, 2.05) is 6.08 Å². The number of unbranched alkanes of at least 4 members (excludes halogenated alkanes) is 5. The number of Topliss-reactive ketones (excluding diaryl/α,β-unsaturated/α-hetero) is 1. The number of carbonyl (C=O) groups excluding carboxylic acids is 2. The van der Waals surface area contributed by atoms with Gasteiger partial charge in [-0.05, 0) is 32.1 Å². The Bertz CT molecular complexity index is 376. The minimum absolute atomic E-state index is 0.288. The van der Waals surface area contributed by atoms with E-state index in [4.69, 9.17) is 4.74 Å². The molecule has 0 spiro atoms. The molecule has 1 saturated heterocycles. The molecule has 23 heavy (non-hydrogen) atoms. The van der Waals surface area contributed by atoms with Crippen molar-refractivity contribution in [3.63, 3.8) is 0 Å². The highest BCUT2D eigenvalue weighted by molar-refractivity contribution is 5.81. The Morgan fingerprint density at radius 2 is 1.78 bits per heavy atom. The largest absolute Gasteiger partial charge is 0.466 e. The lowest BCUT2D eigenvalue weighted by Crippen LogP contribution is -2.02. The number of ketones is 1. The van der Waals surface area contributed by atoms with Crippen molar-refractivity contribution in [1.29, 1.82) is 0 Å². The quantitative estimate of drug-likeness (QED) is 0.206. The number of methoxy groups -OCH3 is 1. The molecule has 0 radical (unpaired) electrons. The zero-order chi connectivity index (χ0) is 16.9. The molecule has 0 amide bonds. The second-order valence-electron chi connectivity index (χ2n) is 6.31. The van der Waals surface area contributed by atoms with Crippen molar-refractivity contribution in [3.8, 4) is 0 Å². The van der Waals surface area contributed by atoms with Crippen LogP contribution in [0.5, 0.6) is 0 Å². The number of hydrogen-bond donors (Lipinski definition) is 0. The van der Waals surface area contributed by atoms with Gasteiger partial charge in [0.15, 0.2) is 0 Å². The molecule has 1 aliphatic heterocycles. The summed E-state index contributed by atoms with van der Waals surface area (Å²) in [7, 11) is 1.39. The first kappa shape index (κ1) is 19.9. The molecule has 1 heterocycles. The summed E-state index contributed by atoms with van der Waals surface area (Å²) in [5.74, 6) is 0.105. The van der Waals surface area contributed by atoms with Crippen LogP contribution in [-0.2, 0) is 19.1 Å². The lowest BCUT2D eigenvalue weighted by atomic mass is 10.0. The van der Waals surface area contributed by atoms with Crippen molar-refractivity contribution < 1.29 is 19.1 Å². The fourth-order valence-electron chi connectivity index (χ4n) is 2.72. The van der Waals surface area contributed by atoms with Crippen molar-refractivity contribution in [2.75, 3.05) is 7.11 Å². The number of ether oxygens (including phenoxy) is 2. The first-order chi connectivity index (χ1) is 11.2. The number of rotatable bonds is 14. The van der Waals surface area contributed by atoms with Gasteiger partial charge in [0.25, 0.3) is 0 Å². The van der Waals surface area contributed by atoms with Crippen LogP contribution >= 0.6 is 0 Å². The summed E-state index contributed by atoms with van der Waals surface area (Å²) < 4.78 is 10.2. The van der Waals surface area contributed by atoms with Crippen LogP contribution < -0.4 is 0 Å². The van der Waals surface area contributed by atoms with Gasteiger partial charge in [-0.3, -0.25) is 4.79 Å². The Morgan fingerprint density at radius 1 is 1.00 bits per heavy atom. The first-order valence-electron chi connectivity index (χ1n) is 9.09. The maximum Gasteiger partial charge on any atom is 0.330 e. The standard InChI is InChI=1S/C19H32O4/c1-3-4-8-11-16(20)14-15-18-17(23-18)12-9-6-5-7-10-13-19(21)22-2/h10,13,17-18H,3-9,11-12,14-15H2,1-2H3. The molecule has 2 atom stereocenters. The van der Waals surface area contributed by atoms with Gasteiger partial charge in [0.1, 0.15) is 5.78 Å². The van der Waals surface area contributed by atoms with Crippen molar-refractivity contribution >= 4 is 11.8 Å². The Hall–Kier alpha value is -1.16. The predicted molar refractivity (Wildman–Crippen MR) is 91.3 cm³/mol. The molecule has 0 saturated carbocycles. The van der Waals surface area contributed by atoms with Gasteiger partial charge >= 0.3 is 5.97 Å². The van der Waals surface area contributed by atoms with Gasteiger partial charge in [-0.15, -0.1) is 0 Å². The molecular weight excluding hydrogens is 292 g/mol. The first-order valence-corrected chi connectivity index (χ1v) is 9.09. The summed E-state index contributed by atoms with van der Waals surface area (Å²) in [6.45, 7) is 2.16. The number of hydrogen-bond acceptors (Lipinski definition) is 4. The van der Waals surface area contributed by atoms with Crippen LogP contribution in [0.1, 0.15) is 77.6 Å². The Morgan fingerprint density at radius 3 is 2.52 bits per heavy atom. The smallest absolute Gasteiger partial charge is 0.330 e. The molecule has 1 fully saturated rings. The van der Waals surface area contributed by atoms with Gasteiger partial charge in [0.05, 0.1) is 19.3 Å². The number of epoxide rings is 1. The van der Waals surface area contributed by atoms with E-state index in [0.717, 1.165) is 57.8 Å². The maximum atomic E-state index is 11.7. The highest BCUT2D eigenvalue weighted by Gasteiger charge is 2.37. The van der Waals surface area contributed by atoms with Crippen molar-refractivity contribution in [3.05, 3.63) is 12.2 Å². The van der Waals surface area contributed by atoms with Crippen LogP contribution in [0.2, 0.25) is 0 Å². The van der Waals surface area contributed by atoms with Crippen LogP contribution in [0, 0.1) is 0 Å². The highest BCUT2D eigenvalue weighted by atomic mass is 16.6. The number of esters is 1. The van der Waals surface area contributed by atoms with E-state index in [1.54, 1.807) is 0 Å². The Kier molecular flexibility index (Phi) is 10.6. The van der Waals surface area contributed by atoms with Crippen LogP contribution in [0.15, 0.2) is 12.2 Å². The molecule has 4 heteroatoms. The molecule has 1 aliphatic rings. The summed E-state index contributed by atoms with van der Waals surface area (Å²) in [5, 5.41) is 0. The van der Waals surface area contributed by atoms with Crippen LogP contribution in [0.4, 0.5) is 0 Å². The summed E-state index contributed by atoms with van der Waals surface area (Å²) in [4.78, 5) is 22.6. The van der Waals surface area contributed by atoms with Crippen LogP contribution in [0.25, 0.3) is 0 Å².